The zero-order valence-electron chi connectivity index (χ0n) is 12.6. The van der Waals surface area contributed by atoms with E-state index >= 15 is 0 Å². The highest BCUT2D eigenvalue weighted by Gasteiger charge is 2.31. The monoisotopic (exact) mass is 278 g/mol. The van der Waals surface area contributed by atoms with Crippen molar-refractivity contribution >= 4 is 0 Å². The average Bonchev–Trinajstić information content (AvgIpc) is 2.91. The van der Waals surface area contributed by atoms with Gasteiger partial charge in [-0.25, -0.2) is 0 Å². The van der Waals surface area contributed by atoms with Crippen LogP contribution in [0.2, 0.25) is 0 Å². The average molecular weight is 278 g/mol. The van der Waals surface area contributed by atoms with Gasteiger partial charge in [0.15, 0.2) is 0 Å². The molecule has 5 heteroatoms. The highest BCUT2D eigenvalue weighted by atomic mass is 16.3. The Labute approximate surface area is 121 Å². The molecule has 0 saturated carbocycles. The Kier molecular flexibility index (Phi) is 4.08. The van der Waals surface area contributed by atoms with Crippen LogP contribution < -0.4 is 0 Å². The molecule has 1 fully saturated rings. The van der Waals surface area contributed by atoms with Crippen molar-refractivity contribution in [3.8, 4) is 0 Å². The van der Waals surface area contributed by atoms with Crippen molar-refractivity contribution in [1.29, 1.82) is 0 Å². The van der Waals surface area contributed by atoms with E-state index in [0.717, 1.165) is 37.5 Å². The van der Waals surface area contributed by atoms with E-state index in [9.17, 15) is 5.11 Å². The molecule has 1 saturated heterocycles. The second-order valence-electron chi connectivity index (χ2n) is 6.50. The fraction of sp³-hybridized carbons (Fsp3) is 0.867. The molecular weight excluding hydrogens is 252 g/mol. The second-order valence-corrected chi connectivity index (χ2v) is 6.50. The molecule has 1 N–H and O–H groups in total. The zero-order valence-corrected chi connectivity index (χ0v) is 12.6. The van der Waals surface area contributed by atoms with Gasteiger partial charge < -0.3 is 14.6 Å². The number of likely N-dealkylation sites (tertiary alicyclic amines) is 1. The Balaban J connectivity index is 1.85. The van der Waals surface area contributed by atoms with Gasteiger partial charge in [-0.05, 0) is 46.1 Å². The lowest BCUT2D eigenvalue weighted by atomic mass is 9.95. The molecular formula is C15H26N4O. The molecule has 0 aliphatic carbocycles. The first kappa shape index (κ1) is 14.0. The number of aliphatic hydroxyl groups excluding tert-OH is 1. The SMILES string of the molecule is CC(C)N1CCCC(c2nnc3n2C(CO)CCC3)C1. The third kappa shape index (κ3) is 2.49. The van der Waals surface area contributed by atoms with E-state index in [1.165, 1.54) is 19.4 Å². The molecule has 1 aromatic rings. The van der Waals surface area contributed by atoms with E-state index in [0.29, 0.717) is 12.0 Å². The lowest BCUT2D eigenvalue weighted by molar-refractivity contribution is 0.156. The van der Waals surface area contributed by atoms with Crippen LogP contribution in [0, 0.1) is 0 Å². The zero-order chi connectivity index (χ0) is 14.1. The number of piperidine rings is 1. The third-order valence-electron chi connectivity index (χ3n) is 4.85. The summed E-state index contributed by atoms with van der Waals surface area (Å²) in [6, 6.07) is 0.786. The summed E-state index contributed by atoms with van der Waals surface area (Å²) in [7, 11) is 0. The van der Waals surface area contributed by atoms with E-state index in [2.05, 4.69) is 33.5 Å². The van der Waals surface area contributed by atoms with Crippen LogP contribution in [0.5, 0.6) is 0 Å². The van der Waals surface area contributed by atoms with Crippen molar-refractivity contribution < 1.29 is 5.11 Å². The van der Waals surface area contributed by atoms with Gasteiger partial charge in [-0.1, -0.05) is 0 Å². The maximum atomic E-state index is 9.63. The van der Waals surface area contributed by atoms with Gasteiger partial charge in [0.2, 0.25) is 0 Å². The molecule has 112 valence electrons. The number of aryl methyl sites for hydroxylation is 1. The van der Waals surface area contributed by atoms with Crippen molar-refractivity contribution in [3.05, 3.63) is 11.6 Å². The Bertz CT molecular complexity index is 457. The van der Waals surface area contributed by atoms with Crippen molar-refractivity contribution in [1.82, 2.24) is 19.7 Å². The van der Waals surface area contributed by atoms with Crippen LogP contribution in [-0.2, 0) is 6.42 Å². The first-order chi connectivity index (χ1) is 9.70. The minimum absolute atomic E-state index is 0.193. The van der Waals surface area contributed by atoms with Crippen LogP contribution in [0.15, 0.2) is 0 Å². The molecule has 0 spiro atoms. The minimum atomic E-state index is 0.193. The summed E-state index contributed by atoms with van der Waals surface area (Å²) in [5.74, 6) is 2.66. The second kappa shape index (κ2) is 5.82. The predicted octanol–water partition coefficient (Wildman–Crippen LogP) is 1.74. The molecule has 3 rings (SSSR count). The number of nitrogens with zero attached hydrogens (tertiary/aromatic N) is 4. The molecule has 0 amide bonds. The van der Waals surface area contributed by atoms with Gasteiger partial charge in [0.05, 0.1) is 12.6 Å². The summed E-state index contributed by atoms with van der Waals surface area (Å²) < 4.78 is 2.25. The molecule has 2 atom stereocenters. The quantitative estimate of drug-likeness (QED) is 0.915. The summed E-state index contributed by atoms with van der Waals surface area (Å²) in [4.78, 5) is 2.53. The van der Waals surface area contributed by atoms with Gasteiger partial charge in [0.25, 0.3) is 0 Å². The van der Waals surface area contributed by atoms with Crippen molar-refractivity contribution in [2.24, 2.45) is 0 Å². The molecule has 1 aromatic heterocycles. The van der Waals surface area contributed by atoms with Gasteiger partial charge in [-0.2, -0.15) is 0 Å². The molecule has 5 nitrogen and oxygen atoms in total. The largest absolute Gasteiger partial charge is 0.394 e. The van der Waals surface area contributed by atoms with E-state index < -0.39 is 0 Å². The normalized spacial score (nSPS) is 27.8. The van der Waals surface area contributed by atoms with Crippen LogP contribution in [0.4, 0.5) is 0 Å². The van der Waals surface area contributed by atoms with Gasteiger partial charge in [0, 0.05) is 24.9 Å². The van der Waals surface area contributed by atoms with Crippen LogP contribution in [-0.4, -0.2) is 50.5 Å². The Hall–Kier alpha value is -0.940. The number of hydrogen-bond acceptors (Lipinski definition) is 4. The fourth-order valence-corrected chi connectivity index (χ4v) is 3.67. The first-order valence-electron chi connectivity index (χ1n) is 7.99. The maximum Gasteiger partial charge on any atom is 0.137 e. The summed E-state index contributed by atoms with van der Waals surface area (Å²) >= 11 is 0. The molecule has 20 heavy (non-hydrogen) atoms. The minimum Gasteiger partial charge on any atom is -0.394 e. The highest BCUT2D eigenvalue weighted by Crippen LogP contribution is 2.32. The molecule has 0 radical (unpaired) electrons. The smallest absolute Gasteiger partial charge is 0.137 e. The van der Waals surface area contributed by atoms with Crippen LogP contribution in [0.1, 0.15) is 63.1 Å². The number of fused-ring (bicyclic) bond motifs is 1. The fourth-order valence-electron chi connectivity index (χ4n) is 3.67. The number of aliphatic hydroxyl groups is 1. The lowest BCUT2D eigenvalue weighted by Crippen LogP contribution is -2.40. The van der Waals surface area contributed by atoms with Crippen molar-refractivity contribution in [3.63, 3.8) is 0 Å². The topological polar surface area (TPSA) is 54.2 Å². The van der Waals surface area contributed by atoms with Crippen LogP contribution >= 0.6 is 0 Å². The van der Waals surface area contributed by atoms with E-state index in [1.54, 1.807) is 0 Å². The van der Waals surface area contributed by atoms with Gasteiger partial charge in [-0.3, -0.25) is 0 Å². The van der Waals surface area contributed by atoms with E-state index in [1.807, 2.05) is 0 Å². The predicted molar refractivity (Wildman–Crippen MR) is 77.8 cm³/mol. The molecule has 0 aromatic carbocycles. The van der Waals surface area contributed by atoms with E-state index in [-0.39, 0.29) is 12.6 Å². The molecule has 0 bridgehead atoms. The van der Waals surface area contributed by atoms with Gasteiger partial charge in [-0.15, -0.1) is 10.2 Å². The molecule has 2 unspecified atom stereocenters. The summed E-state index contributed by atoms with van der Waals surface area (Å²) in [6.07, 6.45) is 5.60. The number of rotatable bonds is 3. The standard InChI is InChI=1S/C15H26N4O/c1-11(2)18-8-4-5-12(9-18)15-17-16-14-7-3-6-13(10-20)19(14)15/h11-13,20H,3-10H2,1-2H3. The molecule has 2 aliphatic rings. The lowest BCUT2D eigenvalue weighted by Gasteiger charge is -2.36. The Morgan fingerprint density at radius 2 is 2.10 bits per heavy atom. The van der Waals surface area contributed by atoms with Crippen LogP contribution in [0.25, 0.3) is 0 Å². The van der Waals surface area contributed by atoms with Crippen molar-refractivity contribution in [2.75, 3.05) is 19.7 Å². The van der Waals surface area contributed by atoms with Crippen molar-refractivity contribution in [2.45, 2.75) is 64.0 Å². The van der Waals surface area contributed by atoms with Crippen LogP contribution in [0.3, 0.4) is 0 Å². The Morgan fingerprint density at radius 3 is 2.85 bits per heavy atom. The summed E-state index contributed by atoms with van der Waals surface area (Å²) in [5.41, 5.74) is 0. The number of hydrogen-bond donors (Lipinski definition) is 1. The highest BCUT2D eigenvalue weighted by molar-refractivity contribution is 5.09. The third-order valence-corrected chi connectivity index (χ3v) is 4.85. The maximum absolute atomic E-state index is 9.63. The van der Waals surface area contributed by atoms with Gasteiger partial charge in [0.1, 0.15) is 11.6 Å². The molecule has 3 heterocycles. The van der Waals surface area contributed by atoms with Gasteiger partial charge >= 0.3 is 0 Å². The first-order valence-corrected chi connectivity index (χ1v) is 7.99. The van der Waals surface area contributed by atoms with E-state index in [4.69, 9.17) is 0 Å². The number of aromatic nitrogens is 3. The summed E-state index contributed by atoms with van der Waals surface area (Å²) in [6.45, 7) is 7.00. The molecule has 2 aliphatic heterocycles. The Morgan fingerprint density at radius 1 is 1.25 bits per heavy atom. The summed E-state index contributed by atoms with van der Waals surface area (Å²) in [5, 5.41) is 18.5.